The fourth-order valence-corrected chi connectivity index (χ4v) is 5.46. The van der Waals surface area contributed by atoms with Crippen LogP contribution in [-0.4, -0.2) is 139 Å². The number of rotatable bonds is 1. The van der Waals surface area contributed by atoms with Crippen LogP contribution < -0.4 is 9.47 Å². The van der Waals surface area contributed by atoms with Gasteiger partial charge in [0.1, 0.15) is 84.7 Å². The Labute approximate surface area is 275 Å². The summed E-state index contributed by atoms with van der Waals surface area (Å²) >= 11 is 0. The Hall–Kier alpha value is -4.37. The van der Waals surface area contributed by atoms with Crippen molar-refractivity contribution in [3.63, 3.8) is 0 Å². The van der Waals surface area contributed by atoms with Gasteiger partial charge in [0.05, 0.1) is 18.1 Å². The molecule has 2 saturated heterocycles. The van der Waals surface area contributed by atoms with Crippen molar-refractivity contribution in [1.29, 1.82) is 0 Å². The zero-order valence-corrected chi connectivity index (χ0v) is 25.2. The van der Waals surface area contributed by atoms with E-state index in [2.05, 4.69) is 0 Å². The maximum absolute atomic E-state index is 12.4. The highest BCUT2D eigenvalue weighted by molar-refractivity contribution is 5.89. The minimum Gasteiger partial charge on any atom is -0.508 e. The summed E-state index contributed by atoms with van der Waals surface area (Å²) in [6.45, 7) is -1.50. The first kappa shape index (κ1) is 34.5. The molecule has 0 amide bonds. The number of phenolic OH excluding ortho intramolecular Hbond substituents is 2. The highest BCUT2D eigenvalue weighted by Crippen LogP contribution is 2.42. The molecule has 2 aromatic carbocycles. The molecule has 11 atom stereocenters. The van der Waals surface area contributed by atoms with E-state index >= 15 is 0 Å². The van der Waals surface area contributed by atoms with E-state index in [0.717, 1.165) is 6.07 Å². The van der Waals surface area contributed by atoms with Gasteiger partial charge in [-0.1, -0.05) is 0 Å². The summed E-state index contributed by atoms with van der Waals surface area (Å²) in [4.78, 5) is 24.8. The first-order valence-electron chi connectivity index (χ1n) is 15.0. The largest absolute Gasteiger partial charge is 0.508 e. The maximum atomic E-state index is 12.4. The van der Waals surface area contributed by atoms with E-state index in [-0.39, 0.29) is 34.0 Å². The van der Waals surface area contributed by atoms with Crippen LogP contribution in [0.15, 0.2) is 46.9 Å². The fraction of sp³-hybridized carbons (Fsp3) is 0.452. The average Bonchev–Trinajstić information content (AvgIpc) is 3.07. The first-order valence-corrected chi connectivity index (χ1v) is 15.0. The van der Waals surface area contributed by atoms with E-state index < -0.39 is 105 Å². The Kier molecular flexibility index (Phi) is 9.76. The van der Waals surface area contributed by atoms with Crippen LogP contribution in [0.25, 0.3) is 22.3 Å². The van der Waals surface area contributed by atoms with E-state index in [4.69, 9.17) is 32.8 Å². The summed E-state index contributed by atoms with van der Waals surface area (Å²) in [5.41, 5.74) is 0.272. The average molecular weight is 694 g/mol. The van der Waals surface area contributed by atoms with Crippen molar-refractivity contribution < 1.29 is 88.4 Å². The molecular formula is C31H33O18+. The topological polar surface area (TPSA) is 283 Å². The number of aromatic hydroxyl groups is 2. The van der Waals surface area contributed by atoms with Gasteiger partial charge in [0, 0.05) is 12.1 Å². The van der Waals surface area contributed by atoms with Crippen molar-refractivity contribution in [2.45, 2.75) is 73.9 Å². The summed E-state index contributed by atoms with van der Waals surface area (Å²) < 4.78 is 39.2. The number of benzene rings is 2. The summed E-state index contributed by atoms with van der Waals surface area (Å²) in [6.07, 6.45) is -20.7. The van der Waals surface area contributed by atoms with E-state index in [9.17, 15) is 55.5 Å². The Morgan fingerprint density at radius 2 is 1.20 bits per heavy atom. The molecule has 264 valence electrons. The lowest BCUT2D eigenvalue weighted by Crippen LogP contribution is -2.60. The van der Waals surface area contributed by atoms with E-state index in [1.807, 2.05) is 0 Å². The van der Waals surface area contributed by atoms with Gasteiger partial charge in [-0.3, -0.25) is 4.79 Å². The zero-order valence-electron chi connectivity index (χ0n) is 25.2. The minimum atomic E-state index is -2.06. The number of ether oxygens (including phenoxy) is 6. The molecule has 18 heteroatoms. The van der Waals surface area contributed by atoms with Crippen molar-refractivity contribution in [1.82, 2.24) is 0 Å². The second kappa shape index (κ2) is 13.9. The molecule has 6 bridgehead atoms. The van der Waals surface area contributed by atoms with Crippen LogP contribution in [0.1, 0.15) is 6.42 Å². The van der Waals surface area contributed by atoms with Gasteiger partial charge >= 0.3 is 23.3 Å². The van der Waals surface area contributed by atoms with Gasteiger partial charge in [-0.05, 0) is 24.3 Å². The van der Waals surface area contributed by atoms with Crippen LogP contribution in [0.2, 0.25) is 0 Å². The monoisotopic (exact) mass is 693 g/mol. The molecule has 1 unspecified atom stereocenters. The SMILES string of the molecule is O=C1CC(O)C(=O)OC[C@@H]2O[C@H](Oc3cc(O)cc4[o+]c(-c5ccc(O)cc5)c(cc34)O[C@@H]3O[C@H](CO1)[C@@H](O)[C@H](O)[C@H]3O)[C@@H](O)[C@H](O)[C@H]2O. The van der Waals surface area contributed by atoms with Crippen LogP contribution in [-0.2, 0) is 28.5 Å². The van der Waals surface area contributed by atoms with Crippen LogP contribution in [0.4, 0.5) is 0 Å². The number of phenols is 2. The predicted molar refractivity (Wildman–Crippen MR) is 157 cm³/mol. The second-order valence-electron chi connectivity index (χ2n) is 11.6. The van der Waals surface area contributed by atoms with Gasteiger partial charge in [0.25, 0.3) is 0 Å². The molecule has 18 nitrogen and oxygen atoms in total. The Morgan fingerprint density at radius 3 is 1.82 bits per heavy atom. The first-order chi connectivity index (χ1) is 23.3. The molecule has 0 radical (unpaired) electrons. The van der Waals surface area contributed by atoms with Crippen LogP contribution in [0.3, 0.4) is 0 Å². The van der Waals surface area contributed by atoms with Gasteiger partial charge in [-0.25, -0.2) is 9.21 Å². The molecule has 3 aromatic rings. The highest BCUT2D eigenvalue weighted by Gasteiger charge is 2.48. The molecule has 6 rings (SSSR count). The third kappa shape index (κ3) is 7.04. The molecule has 0 saturated carbocycles. The van der Waals surface area contributed by atoms with Gasteiger partial charge in [0.2, 0.25) is 18.3 Å². The molecule has 2 fully saturated rings. The molecule has 3 aliphatic rings. The van der Waals surface area contributed by atoms with Crippen molar-refractivity contribution in [2.24, 2.45) is 0 Å². The minimum absolute atomic E-state index is 0.0386. The lowest BCUT2D eigenvalue weighted by Gasteiger charge is -2.40. The molecule has 9 N–H and O–H groups in total. The second-order valence-corrected chi connectivity index (χ2v) is 11.6. The summed E-state index contributed by atoms with van der Waals surface area (Å²) in [7, 11) is 0. The lowest BCUT2D eigenvalue weighted by molar-refractivity contribution is -0.279. The number of fused-ring (bicyclic) bond motifs is 5. The van der Waals surface area contributed by atoms with E-state index in [1.165, 1.54) is 36.4 Å². The molecule has 0 spiro atoms. The molecular weight excluding hydrogens is 660 g/mol. The van der Waals surface area contributed by atoms with Gasteiger partial charge in [0.15, 0.2) is 6.10 Å². The van der Waals surface area contributed by atoms with E-state index in [1.54, 1.807) is 0 Å². The number of esters is 2. The Balaban J connectivity index is 1.46. The van der Waals surface area contributed by atoms with Crippen molar-refractivity contribution in [3.8, 4) is 34.3 Å². The number of aliphatic hydroxyl groups is 7. The summed E-state index contributed by atoms with van der Waals surface area (Å²) in [5.74, 6) is -3.41. The van der Waals surface area contributed by atoms with Crippen molar-refractivity contribution in [3.05, 3.63) is 42.5 Å². The normalized spacial score (nSPS) is 34.3. The summed E-state index contributed by atoms with van der Waals surface area (Å²) in [6, 6.07) is 9.21. The van der Waals surface area contributed by atoms with E-state index in [0.29, 0.717) is 5.56 Å². The number of carbonyl (C=O) groups excluding carboxylic acids is 2. The van der Waals surface area contributed by atoms with Gasteiger partial charge in [-0.15, -0.1) is 0 Å². The molecule has 49 heavy (non-hydrogen) atoms. The molecule has 4 heterocycles. The Morgan fingerprint density at radius 1 is 0.633 bits per heavy atom. The van der Waals surface area contributed by atoms with Gasteiger partial charge < -0.3 is 74.4 Å². The lowest BCUT2D eigenvalue weighted by atomic mass is 9.99. The predicted octanol–water partition coefficient (Wildman–Crippen LogP) is -1.98. The molecule has 0 aliphatic carbocycles. The van der Waals surface area contributed by atoms with Gasteiger partial charge in [-0.2, -0.15) is 0 Å². The third-order valence-corrected chi connectivity index (χ3v) is 8.18. The number of aliphatic hydroxyl groups excluding tert-OH is 7. The van der Waals surface area contributed by atoms with Crippen molar-refractivity contribution >= 4 is 22.9 Å². The molecule has 1 aromatic heterocycles. The fourth-order valence-electron chi connectivity index (χ4n) is 5.46. The van der Waals surface area contributed by atoms with Crippen LogP contribution in [0.5, 0.6) is 23.0 Å². The van der Waals surface area contributed by atoms with Crippen LogP contribution >= 0.6 is 0 Å². The smallest absolute Gasteiger partial charge is 0.402 e. The quantitative estimate of drug-likeness (QED) is 0.0985. The number of hydrogen-bond donors (Lipinski definition) is 9. The number of hydrogen-bond acceptors (Lipinski definition) is 17. The highest BCUT2D eigenvalue weighted by atomic mass is 16.7. The molecule has 3 aliphatic heterocycles. The Bertz CT molecular complexity index is 1680. The summed E-state index contributed by atoms with van der Waals surface area (Å²) in [5, 5.41) is 94.4. The number of cyclic esters (lactones) is 2. The zero-order chi connectivity index (χ0) is 35.1. The van der Waals surface area contributed by atoms with Crippen molar-refractivity contribution in [2.75, 3.05) is 13.2 Å². The maximum Gasteiger partial charge on any atom is 0.402 e. The standard InChI is InChI=1S/C31H32O18/c32-12-3-1-11(2-4-12)28-18-7-14-16(45-28)5-13(33)6-17(14)46-30-26(40)25(39)23(37)20(49-30)10-44-29(42)15(34)8-21(35)43-9-19-22(36)24(38)27(41)31(47-18)48-19/h1-7,15,19-20,22-27,30-31,34,36-41H,8-10H2,(H-,32,33)/p+1/t15?,19-,20+,22-,23+,24+,25-,26+,27-,30+,31-/m1/s1. The van der Waals surface area contributed by atoms with Crippen LogP contribution in [0, 0.1) is 0 Å². The number of carbonyl (C=O) groups is 2. The third-order valence-electron chi connectivity index (χ3n) is 8.18.